The molecule has 8 heteroatoms. The first-order valence-corrected chi connectivity index (χ1v) is 10.6. The highest BCUT2D eigenvalue weighted by Crippen LogP contribution is 2.28. The fourth-order valence-electron chi connectivity index (χ4n) is 1.92. The number of aromatic nitrogens is 2. The van der Waals surface area contributed by atoms with E-state index in [0.717, 1.165) is 20.0 Å². The Morgan fingerprint density at radius 1 is 1.08 bits per heavy atom. The second kappa shape index (κ2) is 8.82. The maximum atomic E-state index is 12.1. The zero-order valence-electron chi connectivity index (χ0n) is 14.7. The first-order valence-electron chi connectivity index (χ1n) is 7.83. The van der Waals surface area contributed by atoms with E-state index in [4.69, 9.17) is 0 Å². The third-order valence-corrected chi connectivity index (χ3v) is 6.32. The standard InChI is InChI=1S/C17H21N3O2S3/c1-5-23-15-19-20-16(25-15)24-10-13(21)18-14(22)11-6-8-12(9-7-11)17(2,3)4/h6-9H,5,10H2,1-4H3,(H,18,21,22). The number of imide groups is 1. The molecule has 1 heterocycles. The van der Waals surface area contributed by atoms with Crippen molar-refractivity contribution in [3.05, 3.63) is 35.4 Å². The van der Waals surface area contributed by atoms with Crippen molar-refractivity contribution in [3.63, 3.8) is 0 Å². The van der Waals surface area contributed by atoms with Crippen LogP contribution in [-0.2, 0) is 10.2 Å². The number of hydrogen-bond acceptors (Lipinski definition) is 7. The molecule has 1 N–H and O–H groups in total. The quantitative estimate of drug-likeness (QED) is 0.746. The number of thioether (sulfide) groups is 2. The van der Waals surface area contributed by atoms with E-state index in [-0.39, 0.29) is 23.0 Å². The molecule has 0 aliphatic rings. The van der Waals surface area contributed by atoms with E-state index in [1.165, 1.54) is 23.1 Å². The molecule has 0 saturated heterocycles. The fraction of sp³-hybridized carbons (Fsp3) is 0.412. The Balaban J connectivity index is 1.86. The molecule has 0 fully saturated rings. The van der Waals surface area contributed by atoms with Gasteiger partial charge in [0.1, 0.15) is 0 Å². The molecule has 2 aromatic rings. The van der Waals surface area contributed by atoms with Gasteiger partial charge in [-0.15, -0.1) is 10.2 Å². The second-order valence-electron chi connectivity index (χ2n) is 6.26. The van der Waals surface area contributed by atoms with Crippen LogP contribution >= 0.6 is 34.9 Å². The maximum absolute atomic E-state index is 12.1. The van der Waals surface area contributed by atoms with E-state index in [9.17, 15) is 9.59 Å². The summed E-state index contributed by atoms with van der Waals surface area (Å²) in [5.41, 5.74) is 1.64. The van der Waals surface area contributed by atoms with Crippen LogP contribution in [-0.4, -0.2) is 33.5 Å². The van der Waals surface area contributed by atoms with E-state index < -0.39 is 0 Å². The summed E-state index contributed by atoms with van der Waals surface area (Å²) in [5.74, 6) is 0.347. The Hall–Kier alpha value is -1.38. The van der Waals surface area contributed by atoms with Gasteiger partial charge >= 0.3 is 0 Å². The lowest BCUT2D eigenvalue weighted by molar-refractivity contribution is -0.117. The minimum atomic E-state index is -0.384. The number of nitrogens with zero attached hydrogens (tertiary/aromatic N) is 2. The molecule has 1 aromatic heterocycles. The summed E-state index contributed by atoms with van der Waals surface area (Å²) in [6.45, 7) is 8.38. The van der Waals surface area contributed by atoms with Gasteiger partial charge in [0, 0.05) is 5.56 Å². The predicted molar refractivity (Wildman–Crippen MR) is 105 cm³/mol. The highest BCUT2D eigenvalue weighted by Gasteiger charge is 2.16. The Morgan fingerprint density at radius 3 is 2.24 bits per heavy atom. The molecule has 0 aliphatic heterocycles. The number of rotatable bonds is 6. The van der Waals surface area contributed by atoms with Crippen LogP contribution < -0.4 is 5.32 Å². The number of carbonyl (C=O) groups is 2. The molecule has 5 nitrogen and oxygen atoms in total. The summed E-state index contributed by atoms with van der Waals surface area (Å²) in [4.78, 5) is 24.1. The van der Waals surface area contributed by atoms with Crippen LogP contribution in [0.2, 0.25) is 0 Å². The molecular weight excluding hydrogens is 374 g/mol. The molecule has 0 saturated carbocycles. The van der Waals surface area contributed by atoms with Crippen molar-refractivity contribution in [1.29, 1.82) is 0 Å². The van der Waals surface area contributed by atoms with Gasteiger partial charge < -0.3 is 0 Å². The number of benzene rings is 1. The summed E-state index contributed by atoms with van der Waals surface area (Å²) >= 11 is 4.36. The average molecular weight is 396 g/mol. The van der Waals surface area contributed by atoms with Gasteiger partial charge in [0.2, 0.25) is 5.91 Å². The number of carbonyl (C=O) groups excluding carboxylic acids is 2. The van der Waals surface area contributed by atoms with E-state index >= 15 is 0 Å². The van der Waals surface area contributed by atoms with Crippen molar-refractivity contribution in [1.82, 2.24) is 15.5 Å². The lowest BCUT2D eigenvalue weighted by Gasteiger charge is -2.18. The van der Waals surface area contributed by atoms with Crippen molar-refractivity contribution in [2.24, 2.45) is 0 Å². The Kier molecular flexibility index (Phi) is 7.04. The van der Waals surface area contributed by atoms with E-state index in [0.29, 0.717) is 5.56 Å². The largest absolute Gasteiger partial charge is 0.292 e. The highest BCUT2D eigenvalue weighted by molar-refractivity contribution is 8.03. The summed E-state index contributed by atoms with van der Waals surface area (Å²) in [7, 11) is 0. The number of hydrogen-bond donors (Lipinski definition) is 1. The minimum Gasteiger partial charge on any atom is -0.292 e. The Bertz CT molecular complexity index is 736. The van der Waals surface area contributed by atoms with Crippen molar-refractivity contribution >= 4 is 46.7 Å². The lowest BCUT2D eigenvalue weighted by Crippen LogP contribution is -2.31. The van der Waals surface area contributed by atoms with Gasteiger partial charge in [-0.25, -0.2) is 0 Å². The van der Waals surface area contributed by atoms with Gasteiger partial charge in [-0.3, -0.25) is 14.9 Å². The summed E-state index contributed by atoms with van der Waals surface area (Å²) < 4.78 is 1.62. The molecule has 134 valence electrons. The van der Waals surface area contributed by atoms with Crippen LogP contribution in [0.25, 0.3) is 0 Å². The van der Waals surface area contributed by atoms with Gasteiger partial charge in [-0.2, -0.15) is 0 Å². The minimum absolute atomic E-state index is 0.0259. The van der Waals surface area contributed by atoms with Crippen LogP contribution in [0.4, 0.5) is 0 Å². The third kappa shape index (κ3) is 6.13. The smallest absolute Gasteiger partial charge is 0.257 e. The van der Waals surface area contributed by atoms with E-state index in [1.807, 2.05) is 19.1 Å². The first-order chi connectivity index (χ1) is 11.8. The van der Waals surface area contributed by atoms with Crippen LogP contribution in [0.5, 0.6) is 0 Å². The molecule has 0 bridgehead atoms. The van der Waals surface area contributed by atoms with Crippen LogP contribution in [0, 0.1) is 0 Å². The molecule has 0 atom stereocenters. The van der Waals surface area contributed by atoms with E-state index in [2.05, 4.69) is 36.3 Å². The maximum Gasteiger partial charge on any atom is 0.257 e. The molecule has 2 rings (SSSR count). The van der Waals surface area contributed by atoms with Crippen LogP contribution in [0.3, 0.4) is 0 Å². The molecule has 25 heavy (non-hydrogen) atoms. The van der Waals surface area contributed by atoms with Gasteiger partial charge in [-0.05, 0) is 28.9 Å². The lowest BCUT2D eigenvalue weighted by atomic mass is 9.87. The van der Waals surface area contributed by atoms with Gasteiger partial charge in [-0.1, -0.05) is 74.7 Å². The molecule has 0 radical (unpaired) electrons. The number of amides is 2. The highest BCUT2D eigenvalue weighted by atomic mass is 32.2. The molecule has 2 amide bonds. The van der Waals surface area contributed by atoms with Crippen molar-refractivity contribution in [3.8, 4) is 0 Å². The van der Waals surface area contributed by atoms with Crippen LogP contribution in [0.15, 0.2) is 32.9 Å². The summed E-state index contributed by atoms with van der Waals surface area (Å²) in [6.07, 6.45) is 0. The summed E-state index contributed by atoms with van der Waals surface area (Å²) in [5, 5.41) is 10.5. The normalized spacial score (nSPS) is 11.4. The van der Waals surface area contributed by atoms with Gasteiger partial charge in [0.05, 0.1) is 5.75 Å². The summed E-state index contributed by atoms with van der Waals surface area (Å²) in [6, 6.07) is 7.33. The van der Waals surface area contributed by atoms with Crippen molar-refractivity contribution in [2.45, 2.75) is 41.8 Å². The average Bonchev–Trinajstić information content (AvgIpc) is 3.00. The topological polar surface area (TPSA) is 72.0 Å². The van der Waals surface area contributed by atoms with Crippen LogP contribution in [0.1, 0.15) is 43.6 Å². The monoisotopic (exact) mass is 395 g/mol. The zero-order chi connectivity index (χ0) is 18.4. The number of nitrogens with one attached hydrogen (secondary N) is 1. The first kappa shape index (κ1) is 19.9. The fourth-order valence-corrected chi connectivity index (χ4v) is 4.64. The zero-order valence-corrected chi connectivity index (χ0v) is 17.1. The van der Waals surface area contributed by atoms with Gasteiger partial charge in [0.25, 0.3) is 5.91 Å². The SMILES string of the molecule is CCSc1nnc(SCC(=O)NC(=O)c2ccc(C(C)(C)C)cc2)s1. The van der Waals surface area contributed by atoms with Crippen molar-refractivity contribution < 1.29 is 9.59 Å². The Labute approximate surface area is 160 Å². The predicted octanol–water partition coefficient (Wildman–Crippen LogP) is 4.00. The second-order valence-corrected chi connectivity index (χ2v) is 9.97. The van der Waals surface area contributed by atoms with Gasteiger partial charge in [0.15, 0.2) is 8.68 Å². The molecule has 0 unspecified atom stereocenters. The van der Waals surface area contributed by atoms with E-state index in [1.54, 1.807) is 23.9 Å². The third-order valence-electron chi connectivity index (χ3n) is 3.25. The Morgan fingerprint density at radius 2 is 1.68 bits per heavy atom. The van der Waals surface area contributed by atoms with Crippen molar-refractivity contribution in [2.75, 3.05) is 11.5 Å². The molecule has 0 aliphatic carbocycles. The molecule has 1 aromatic carbocycles. The molecule has 0 spiro atoms. The molecular formula is C17H21N3O2S3.